The van der Waals surface area contributed by atoms with E-state index in [1.807, 2.05) is 18.2 Å². The fourth-order valence-electron chi connectivity index (χ4n) is 8.03. The summed E-state index contributed by atoms with van der Waals surface area (Å²) < 4.78 is 88.9. The molecular weight excluding hydrogens is 957 g/mol. The fourth-order valence-corrected chi connectivity index (χ4v) is 12.3. The molecule has 19 nitrogen and oxygen atoms in total. The zero-order valence-electron chi connectivity index (χ0n) is 39.4. The number of para-hydroxylation sites is 1. The molecule has 2 aromatic heterocycles. The Balaban J connectivity index is 1.33. The molecule has 5 aromatic carbocycles. The van der Waals surface area contributed by atoms with Gasteiger partial charge < -0.3 is 35.3 Å². The van der Waals surface area contributed by atoms with Gasteiger partial charge >= 0.3 is 6.09 Å². The Hall–Kier alpha value is -6.69. The number of aromatic nitrogens is 5. The van der Waals surface area contributed by atoms with Crippen molar-refractivity contribution in [3.63, 3.8) is 0 Å². The molecule has 0 spiro atoms. The maximum Gasteiger partial charge on any atom is 0.410 e. The van der Waals surface area contributed by atoms with Gasteiger partial charge in [0.05, 0.1) is 43.7 Å². The molecule has 1 aliphatic rings. The lowest BCUT2D eigenvalue weighted by atomic mass is 9.98. The Bertz CT molecular complexity index is 3180. The van der Waals surface area contributed by atoms with Crippen LogP contribution in [0.5, 0.6) is 17.2 Å². The van der Waals surface area contributed by atoms with Crippen molar-refractivity contribution in [1.82, 2.24) is 39.1 Å². The number of nitrogen functional groups attached to an aromatic ring is 1. The van der Waals surface area contributed by atoms with E-state index < -0.39 is 47.1 Å². The van der Waals surface area contributed by atoms with E-state index in [1.54, 1.807) is 101 Å². The number of methoxy groups -OCH3 is 3. The van der Waals surface area contributed by atoms with Crippen LogP contribution in [-0.2, 0) is 44.4 Å². The Labute approximate surface area is 410 Å². The lowest BCUT2D eigenvalue weighted by Crippen LogP contribution is -2.52. The molecule has 0 saturated carbocycles. The molecule has 0 radical (unpaired) electrons. The maximum atomic E-state index is 16.2. The number of rotatable bonds is 17. The average molecular weight is 1010 g/mol. The van der Waals surface area contributed by atoms with Gasteiger partial charge in [-0.25, -0.2) is 31.3 Å². The number of nitrogens with one attached hydrogen (secondary N) is 1. The summed E-state index contributed by atoms with van der Waals surface area (Å²) in [5.74, 6) is 1.56. The van der Waals surface area contributed by atoms with Crippen molar-refractivity contribution in [2.45, 2.75) is 67.8 Å². The van der Waals surface area contributed by atoms with Crippen molar-refractivity contribution in [3.8, 4) is 39.8 Å². The zero-order chi connectivity index (χ0) is 50.0. The summed E-state index contributed by atoms with van der Waals surface area (Å²) >= 11 is 1.24. The first-order valence-electron chi connectivity index (χ1n) is 22.0. The third-order valence-electron chi connectivity index (χ3n) is 11.6. The van der Waals surface area contributed by atoms with Crippen molar-refractivity contribution in [2.24, 2.45) is 5.73 Å². The molecule has 1 saturated heterocycles. The number of sulfonamides is 2. The highest BCUT2D eigenvalue weighted by Gasteiger charge is 2.42. The number of ether oxygens (including phenoxy) is 4. The highest BCUT2D eigenvalue weighted by molar-refractivity contribution is 7.92. The number of amides is 1. The molecule has 368 valence electrons. The third-order valence-corrected chi connectivity index (χ3v) is 15.9. The van der Waals surface area contributed by atoms with Gasteiger partial charge in [-0.15, -0.1) is 10.2 Å². The van der Waals surface area contributed by atoms with Crippen molar-refractivity contribution in [2.75, 3.05) is 46.7 Å². The van der Waals surface area contributed by atoms with Crippen LogP contribution in [0.1, 0.15) is 43.9 Å². The molecule has 5 N–H and O–H groups in total. The van der Waals surface area contributed by atoms with Crippen molar-refractivity contribution < 1.29 is 40.6 Å². The maximum absolute atomic E-state index is 16.2. The predicted molar refractivity (Wildman–Crippen MR) is 265 cm³/mol. The minimum atomic E-state index is -4.97. The quantitative estimate of drug-likeness (QED) is 0.0908. The van der Waals surface area contributed by atoms with Crippen LogP contribution in [0.4, 0.5) is 9.93 Å². The summed E-state index contributed by atoms with van der Waals surface area (Å²) in [5, 5.41) is 13.8. The number of tetrazole rings is 1. The molecule has 1 fully saturated rings. The molecular formula is C48H54N10O9S3. The number of nitrogens with two attached hydrogens (primary N) is 2. The number of fused-ring (bicyclic) bond motifs is 1. The second kappa shape index (κ2) is 20.0. The molecule has 1 atom stereocenters. The van der Waals surface area contributed by atoms with E-state index in [1.165, 1.54) is 51.7 Å². The number of hydrogen-bond acceptors (Lipinski definition) is 16. The normalized spacial score (nSPS) is 15.4. The highest BCUT2D eigenvalue weighted by atomic mass is 32.2. The second-order valence-corrected chi connectivity index (χ2v) is 22.5. The van der Waals surface area contributed by atoms with Gasteiger partial charge in [-0.3, -0.25) is 0 Å². The third kappa shape index (κ3) is 11.0. The minimum Gasteiger partial charge on any atom is -0.497 e. The van der Waals surface area contributed by atoms with Crippen LogP contribution < -0.4 is 30.4 Å². The van der Waals surface area contributed by atoms with Crippen LogP contribution in [0.3, 0.4) is 0 Å². The monoisotopic (exact) mass is 1010 g/mol. The zero-order valence-corrected chi connectivity index (χ0v) is 41.9. The molecule has 0 unspecified atom stereocenters. The van der Waals surface area contributed by atoms with E-state index in [9.17, 15) is 4.79 Å². The summed E-state index contributed by atoms with van der Waals surface area (Å²) in [7, 11) is -5.17. The molecule has 1 aliphatic heterocycles. The van der Waals surface area contributed by atoms with E-state index in [-0.39, 0.29) is 67.8 Å². The summed E-state index contributed by atoms with van der Waals surface area (Å²) in [6.07, 6.45) is -0.363. The van der Waals surface area contributed by atoms with Gasteiger partial charge in [0.25, 0.3) is 0 Å². The molecule has 22 heteroatoms. The Kier molecular flexibility index (Phi) is 14.2. The van der Waals surface area contributed by atoms with Crippen molar-refractivity contribution >= 4 is 52.8 Å². The number of hydrogen-bond donors (Lipinski definition) is 3. The van der Waals surface area contributed by atoms with Crippen LogP contribution in [-0.4, -0.2) is 109 Å². The summed E-state index contributed by atoms with van der Waals surface area (Å²) in [6, 6.07) is 29.1. The highest BCUT2D eigenvalue weighted by Crippen LogP contribution is 2.44. The average Bonchev–Trinajstić information content (AvgIpc) is 4.08. The standard InChI is InChI=1S/C48H54N10O9S3/c1-47(2,3)67-46(59)56-25-24-48(50,30-56)29-51-69(60,61)40-23-22-37(38-8-7-9-39-42(38)52-45(49)68-39)41(44-53-55-58(54-44)28-33-14-20-36(66-6)21-15-33)43(40)70(62,63)57(26-31-10-16-34(64-4)17-11-31)27-32-12-18-35(65-5)19-13-32/h7-23,51H,24-30,50H2,1-6H3,(H2,49,52)/t48-/m0/s1. The van der Waals surface area contributed by atoms with Gasteiger partial charge in [-0.1, -0.05) is 65.9 Å². The largest absolute Gasteiger partial charge is 0.497 e. The summed E-state index contributed by atoms with van der Waals surface area (Å²) in [4.78, 5) is 19.1. The van der Waals surface area contributed by atoms with E-state index in [0.717, 1.165) is 5.56 Å². The summed E-state index contributed by atoms with van der Waals surface area (Å²) in [6.45, 7) is 4.75. The molecule has 3 heterocycles. The predicted octanol–water partition coefficient (Wildman–Crippen LogP) is 6.28. The number of likely N-dealkylation sites (tertiary alicyclic amines) is 1. The number of carbonyl (C=O) groups is 1. The number of carbonyl (C=O) groups excluding carboxylic acids is 1. The molecule has 0 bridgehead atoms. The molecule has 7 aromatic rings. The first-order chi connectivity index (χ1) is 33.3. The number of nitrogens with zero attached hydrogens (tertiary/aromatic N) is 7. The Morgan fingerprint density at radius 3 is 1.97 bits per heavy atom. The first kappa shape index (κ1) is 49.7. The van der Waals surface area contributed by atoms with Gasteiger partial charge in [-0.05, 0) is 103 Å². The van der Waals surface area contributed by atoms with Gasteiger partial charge in [-0.2, -0.15) is 9.10 Å². The lowest BCUT2D eigenvalue weighted by Gasteiger charge is -2.28. The van der Waals surface area contributed by atoms with E-state index in [2.05, 4.69) is 20.0 Å². The summed E-state index contributed by atoms with van der Waals surface area (Å²) in [5.41, 5.74) is 13.9. The number of anilines is 1. The Morgan fingerprint density at radius 2 is 1.40 bits per heavy atom. The first-order valence-corrected chi connectivity index (χ1v) is 25.8. The van der Waals surface area contributed by atoms with Gasteiger partial charge in [0.2, 0.25) is 25.9 Å². The minimum absolute atomic E-state index is 0.0285. The fraction of sp³-hybridized carbons (Fsp3) is 0.312. The van der Waals surface area contributed by atoms with Gasteiger partial charge in [0, 0.05) is 43.8 Å². The molecule has 70 heavy (non-hydrogen) atoms. The number of benzene rings is 5. The van der Waals surface area contributed by atoms with Crippen LogP contribution in [0.2, 0.25) is 0 Å². The smallest absolute Gasteiger partial charge is 0.410 e. The van der Waals surface area contributed by atoms with Crippen molar-refractivity contribution in [1.29, 1.82) is 0 Å². The van der Waals surface area contributed by atoms with Crippen LogP contribution >= 0.6 is 11.3 Å². The molecule has 8 rings (SSSR count). The van der Waals surface area contributed by atoms with E-state index in [0.29, 0.717) is 44.2 Å². The number of thiazole rings is 1. The molecule has 0 aliphatic carbocycles. The van der Waals surface area contributed by atoms with Gasteiger partial charge in [0.1, 0.15) is 32.6 Å². The van der Waals surface area contributed by atoms with E-state index in [4.69, 9.17) is 35.5 Å². The lowest BCUT2D eigenvalue weighted by molar-refractivity contribution is 0.0285. The van der Waals surface area contributed by atoms with E-state index >= 15 is 16.8 Å². The van der Waals surface area contributed by atoms with Crippen molar-refractivity contribution in [3.05, 3.63) is 120 Å². The SMILES string of the molecule is COc1ccc(CN(Cc2ccc(OC)cc2)S(=O)(=O)c2c(S(=O)(=O)NC[C@@]3(N)CCN(C(=O)OC(C)(C)C)C3)ccc(-c3cccc4sc(N)nc34)c2-c2nnn(Cc3ccc(OC)cc3)n2)cc1. The van der Waals surface area contributed by atoms with Crippen LogP contribution in [0.15, 0.2) is 113 Å². The van der Waals surface area contributed by atoms with Crippen LogP contribution in [0, 0.1) is 0 Å². The second-order valence-electron chi connectivity index (χ2n) is 17.8. The van der Waals surface area contributed by atoms with Crippen LogP contribution in [0.25, 0.3) is 32.7 Å². The van der Waals surface area contributed by atoms with Gasteiger partial charge in [0.15, 0.2) is 5.13 Å². The molecule has 1 amide bonds. The Morgan fingerprint density at radius 1 is 0.814 bits per heavy atom. The topological polar surface area (TPSA) is 249 Å².